The highest BCUT2D eigenvalue weighted by Crippen LogP contribution is 2.29. The van der Waals surface area contributed by atoms with E-state index in [1.54, 1.807) is 6.20 Å². The number of carbonyl (C=O) groups is 1. The highest BCUT2D eigenvalue weighted by Gasteiger charge is 2.42. The van der Waals surface area contributed by atoms with Gasteiger partial charge in [-0.2, -0.15) is 5.10 Å². The third-order valence-corrected chi connectivity index (χ3v) is 6.12. The van der Waals surface area contributed by atoms with E-state index in [0.717, 1.165) is 44.0 Å². The van der Waals surface area contributed by atoms with Gasteiger partial charge in [0.1, 0.15) is 11.3 Å². The highest BCUT2D eigenvalue weighted by atomic mass is 35.5. The second-order valence-electron chi connectivity index (χ2n) is 8.03. The fourth-order valence-electron chi connectivity index (χ4n) is 4.37. The number of rotatable bonds is 6. The van der Waals surface area contributed by atoms with Crippen molar-refractivity contribution >= 4 is 24.0 Å². The van der Waals surface area contributed by atoms with Crippen molar-refractivity contribution in [2.45, 2.75) is 50.5 Å². The number of nitrogens with zero attached hydrogens (tertiary/aromatic N) is 2. The lowest BCUT2D eigenvalue weighted by atomic mass is 9.87. The molecule has 1 aromatic carbocycles. The quantitative estimate of drug-likeness (QED) is 0.744. The minimum absolute atomic E-state index is 0. The van der Waals surface area contributed by atoms with E-state index in [4.69, 9.17) is 4.74 Å². The molecule has 2 aromatic rings. The lowest BCUT2D eigenvalue weighted by molar-refractivity contribution is -0.126. The van der Waals surface area contributed by atoms with Crippen LogP contribution in [-0.4, -0.2) is 35.4 Å². The zero-order valence-corrected chi connectivity index (χ0v) is 17.6. The number of nitrogens with one attached hydrogen (secondary N) is 2. The molecule has 0 spiro atoms. The van der Waals surface area contributed by atoms with E-state index in [0.29, 0.717) is 5.92 Å². The maximum atomic E-state index is 13.2. The van der Waals surface area contributed by atoms with Crippen LogP contribution >= 0.6 is 12.4 Å². The highest BCUT2D eigenvalue weighted by molar-refractivity contribution is 5.96. The molecule has 1 aliphatic carbocycles. The van der Waals surface area contributed by atoms with Crippen molar-refractivity contribution < 1.29 is 9.53 Å². The van der Waals surface area contributed by atoms with Crippen molar-refractivity contribution in [3.05, 3.63) is 42.7 Å². The summed E-state index contributed by atoms with van der Waals surface area (Å²) in [5.74, 6) is 1.54. The molecule has 0 bridgehead atoms. The van der Waals surface area contributed by atoms with Gasteiger partial charge in [-0.05, 0) is 75.0 Å². The first-order chi connectivity index (χ1) is 13.8. The van der Waals surface area contributed by atoms with Crippen molar-refractivity contribution in [2.75, 3.05) is 25.0 Å². The Labute approximate surface area is 178 Å². The molecule has 1 aliphatic heterocycles. The maximum absolute atomic E-state index is 13.2. The number of anilines is 1. The molecule has 0 radical (unpaired) electrons. The number of piperidine rings is 1. The van der Waals surface area contributed by atoms with Crippen molar-refractivity contribution in [3.63, 3.8) is 0 Å². The number of amides is 1. The standard InChI is InChI=1S/C22H30N4O2.ClH/c27-21(22(11-14-23-15-12-22)26-16-4-13-24-26)25-19-7-9-20(10-8-19)28-17-18-5-2-1-3-6-18;/h4,7-10,13,16,18,23H,1-3,5-6,11-12,14-15,17H2,(H,25,27);1H. The third kappa shape index (κ3) is 5.11. The van der Waals surface area contributed by atoms with Gasteiger partial charge in [0.15, 0.2) is 0 Å². The van der Waals surface area contributed by atoms with Gasteiger partial charge in [-0.15, -0.1) is 12.4 Å². The number of ether oxygens (including phenoxy) is 1. The van der Waals surface area contributed by atoms with E-state index in [1.165, 1.54) is 32.1 Å². The Bertz CT molecular complexity index is 752. The molecule has 0 atom stereocenters. The van der Waals surface area contributed by atoms with Crippen LogP contribution in [0, 0.1) is 5.92 Å². The Morgan fingerprint density at radius 2 is 1.90 bits per heavy atom. The monoisotopic (exact) mass is 418 g/mol. The van der Waals surface area contributed by atoms with Crippen molar-refractivity contribution in [2.24, 2.45) is 5.92 Å². The Morgan fingerprint density at radius 3 is 2.55 bits per heavy atom. The van der Waals surface area contributed by atoms with Crippen LogP contribution in [0.5, 0.6) is 5.75 Å². The van der Waals surface area contributed by atoms with Crippen LogP contribution in [0.3, 0.4) is 0 Å². The van der Waals surface area contributed by atoms with Crippen LogP contribution in [0.25, 0.3) is 0 Å². The largest absolute Gasteiger partial charge is 0.493 e. The van der Waals surface area contributed by atoms with Gasteiger partial charge in [0, 0.05) is 18.1 Å². The van der Waals surface area contributed by atoms with Crippen LogP contribution in [0.4, 0.5) is 5.69 Å². The molecule has 2 N–H and O–H groups in total. The molecule has 2 aliphatic rings. The normalized spacial score (nSPS) is 19.2. The average Bonchev–Trinajstić information content (AvgIpc) is 3.30. The molecule has 0 unspecified atom stereocenters. The van der Waals surface area contributed by atoms with Crippen LogP contribution in [-0.2, 0) is 10.3 Å². The number of hydrogen-bond acceptors (Lipinski definition) is 4. The lowest BCUT2D eigenvalue weighted by Crippen LogP contribution is -2.52. The van der Waals surface area contributed by atoms with Gasteiger partial charge in [0.2, 0.25) is 0 Å². The molecule has 1 saturated heterocycles. The Kier molecular flexibility index (Phi) is 7.56. The van der Waals surface area contributed by atoms with Gasteiger partial charge in [-0.25, -0.2) is 0 Å². The maximum Gasteiger partial charge on any atom is 0.252 e. The fraction of sp³-hybridized carbons (Fsp3) is 0.545. The molecule has 4 rings (SSSR count). The van der Waals surface area contributed by atoms with Gasteiger partial charge in [0.25, 0.3) is 5.91 Å². The minimum atomic E-state index is -0.634. The van der Waals surface area contributed by atoms with Crippen molar-refractivity contribution in [3.8, 4) is 5.75 Å². The van der Waals surface area contributed by atoms with E-state index in [-0.39, 0.29) is 18.3 Å². The smallest absolute Gasteiger partial charge is 0.252 e. The zero-order valence-electron chi connectivity index (χ0n) is 16.8. The third-order valence-electron chi connectivity index (χ3n) is 6.12. The molecule has 7 heteroatoms. The summed E-state index contributed by atoms with van der Waals surface area (Å²) >= 11 is 0. The molecule has 2 heterocycles. The van der Waals surface area contributed by atoms with Crippen LogP contribution in [0.1, 0.15) is 44.9 Å². The summed E-state index contributed by atoms with van der Waals surface area (Å²) in [5, 5.41) is 10.8. The van der Waals surface area contributed by atoms with Gasteiger partial charge in [-0.1, -0.05) is 19.3 Å². The Balaban J connectivity index is 0.00000240. The summed E-state index contributed by atoms with van der Waals surface area (Å²) in [6.07, 6.45) is 11.6. The van der Waals surface area contributed by atoms with Gasteiger partial charge in [-0.3, -0.25) is 9.48 Å². The number of hydrogen-bond donors (Lipinski definition) is 2. The zero-order chi connectivity index (χ0) is 19.2. The SMILES string of the molecule is Cl.O=C(Nc1ccc(OCC2CCCCC2)cc1)C1(n2cccn2)CCNCC1. The predicted molar refractivity (Wildman–Crippen MR) is 117 cm³/mol. The molecule has 1 amide bonds. The molecule has 2 fully saturated rings. The van der Waals surface area contributed by atoms with E-state index in [9.17, 15) is 4.79 Å². The van der Waals surface area contributed by atoms with Crippen LogP contribution in [0.15, 0.2) is 42.7 Å². The first-order valence-electron chi connectivity index (χ1n) is 10.5. The molecule has 29 heavy (non-hydrogen) atoms. The van der Waals surface area contributed by atoms with Gasteiger partial charge in [0.05, 0.1) is 6.61 Å². The Hall–Kier alpha value is -2.05. The number of benzene rings is 1. The van der Waals surface area contributed by atoms with Gasteiger partial charge < -0.3 is 15.4 Å². The number of halogens is 1. The lowest BCUT2D eigenvalue weighted by Gasteiger charge is -2.36. The molecule has 1 aromatic heterocycles. The summed E-state index contributed by atoms with van der Waals surface area (Å²) in [7, 11) is 0. The first-order valence-corrected chi connectivity index (χ1v) is 10.5. The van der Waals surface area contributed by atoms with Crippen molar-refractivity contribution in [1.82, 2.24) is 15.1 Å². The van der Waals surface area contributed by atoms with Crippen molar-refractivity contribution in [1.29, 1.82) is 0 Å². The van der Waals surface area contributed by atoms with E-state index in [2.05, 4.69) is 15.7 Å². The Morgan fingerprint density at radius 1 is 1.17 bits per heavy atom. The summed E-state index contributed by atoms with van der Waals surface area (Å²) < 4.78 is 7.78. The topological polar surface area (TPSA) is 68.2 Å². The number of aromatic nitrogens is 2. The van der Waals surface area contributed by atoms with Crippen LogP contribution < -0.4 is 15.4 Å². The first kappa shape index (κ1) is 21.7. The summed E-state index contributed by atoms with van der Waals surface area (Å²) in [4.78, 5) is 13.2. The minimum Gasteiger partial charge on any atom is -0.493 e. The van der Waals surface area contributed by atoms with E-state index >= 15 is 0 Å². The molecule has 158 valence electrons. The van der Waals surface area contributed by atoms with Crippen LogP contribution in [0.2, 0.25) is 0 Å². The van der Waals surface area contributed by atoms with Gasteiger partial charge >= 0.3 is 0 Å². The summed E-state index contributed by atoms with van der Waals surface area (Å²) in [6, 6.07) is 9.61. The second-order valence-corrected chi connectivity index (χ2v) is 8.03. The molecular formula is C22H31ClN4O2. The van der Waals surface area contributed by atoms with E-state index < -0.39 is 5.54 Å². The average molecular weight is 419 g/mol. The summed E-state index contributed by atoms with van der Waals surface area (Å²) in [6.45, 7) is 2.41. The molecular weight excluding hydrogens is 388 g/mol. The van der Waals surface area contributed by atoms with E-state index in [1.807, 2.05) is 41.2 Å². The summed E-state index contributed by atoms with van der Waals surface area (Å²) in [5.41, 5.74) is 0.158. The molecule has 1 saturated carbocycles. The predicted octanol–water partition coefficient (Wildman–Crippen LogP) is 3.98. The second kappa shape index (κ2) is 10.1. The number of carbonyl (C=O) groups excluding carboxylic acids is 1. The molecule has 6 nitrogen and oxygen atoms in total. The fourth-order valence-corrected chi connectivity index (χ4v) is 4.37.